The number of hydrogen-bond acceptors (Lipinski definition) is 8. The fourth-order valence-corrected chi connectivity index (χ4v) is 4.66. The third-order valence-corrected chi connectivity index (χ3v) is 6.55. The Bertz CT molecular complexity index is 1080. The molecule has 11 nitrogen and oxygen atoms in total. The van der Waals surface area contributed by atoms with Crippen molar-refractivity contribution >= 4 is 21.4 Å². The number of benzene rings is 2. The first kappa shape index (κ1) is 21.5. The van der Waals surface area contributed by atoms with E-state index in [1.807, 2.05) is 0 Å². The molecular weight excluding hydrogens is 418 g/mol. The lowest BCUT2D eigenvalue weighted by molar-refractivity contribution is -0.386. The van der Waals surface area contributed by atoms with Gasteiger partial charge in [-0.15, -0.1) is 0 Å². The molecule has 1 aliphatic heterocycles. The minimum Gasteiger partial charge on any atom is -0.493 e. The van der Waals surface area contributed by atoms with Gasteiger partial charge in [0.1, 0.15) is 0 Å². The molecule has 0 spiro atoms. The molecule has 2 aromatic rings. The fraction of sp³-hybridized carbons (Fsp3) is 0.333. The molecule has 0 unspecified atom stereocenters. The maximum absolute atomic E-state index is 12.8. The summed E-state index contributed by atoms with van der Waals surface area (Å²) >= 11 is 0. The van der Waals surface area contributed by atoms with Gasteiger partial charge in [0.25, 0.3) is 5.69 Å². The second-order valence-corrected chi connectivity index (χ2v) is 8.48. The number of nitrogens with zero attached hydrogens (tertiary/aromatic N) is 3. The number of piperidine rings is 1. The molecular formula is C18H19N3O8S. The number of non-ortho nitro benzene ring substituents is 1. The molecule has 1 fully saturated rings. The smallest absolute Gasteiger partial charge is 0.312 e. The monoisotopic (exact) mass is 437 g/mol. The van der Waals surface area contributed by atoms with Gasteiger partial charge in [-0.25, -0.2) is 8.42 Å². The molecule has 0 bridgehead atoms. The van der Waals surface area contributed by atoms with Crippen LogP contribution in [0.25, 0.3) is 0 Å². The molecule has 0 atom stereocenters. The summed E-state index contributed by atoms with van der Waals surface area (Å²) in [5, 5.41) is 22.6. The summed E-state index contributed by atoms with van der Waals surface area (Å²) in [6.07, 6.45) is 2.40. The molecule has 3 rings (SSSR count). The average molecular weight is 437 g/mol. The Morgan fingerprint density at radius 3 is 2.17 bits per heavy atom. The van der Waals surface area contributed by atoms with Gasteiger partial charge in [-0.3, -0.25) is 20.2 Å². The number of ether oxygens (including phenoxy) is 2. The Morgan fingerprint density at radius 2 is 1.57 bits per heavy atom. The second kappa shape index (κ2) is 8.63. The Morgan fingerprint density at radius 1 is 0.900 bits per heavy atom. The van der Waals surface area contributed by atoms with Crippen molar-refractivity contribution < 1.29 is 27.7 Å². The van der Waals surface area contributed by atoms with Gasteiger partial charge >= 0.3 is 5.69 Å². The van der Waals surface area contributed by atoms with Gasteiger partial charge in [0.15, 0.2) is 11.5 Å². The van der Waals surface area contributed by atoms with E-state index in [-0.39, 0.29) is 27.8 Å². The van der Waals surface area contributed by atoms with E-state index in [4.69, 9.17) is 9.47 Å². The molecule has 0 aromatic heterocycles. The predicted octanol–water partition coefficient (Wildman–Crippen LogP) is 3.48. The summed E-state index contributed by atoms with van der Waals surface area (Å²) in [7, 11) is -2.56. The lowest BCUT2D eigenvalue weighted by atomic mass is 10.2. The van der Waals surface area contributed by atoms with Crippen molar-refractivity contribution in [1.29, 1.82) is 0 Å². The molecule has 0 saturated carbocycles. The fourth-order valence-electron chi connectivity index (χ4n) is 3.12. The topological polar surface area (TPSA) is 142 Å². The van der Waals surface area contributed by atoms with Crippen LogP contribution in [-0.2, 0) is 10.0 Å². The SMILES string of the molecule is COc1ccc([N+](=O)[O-])cc1Oc1ccc(S(=O)(=O)N2CCCCC2)cc1[N+](=O)[O-]. The molecule has 2 aromatic carbocycles. The lowest BCUT2D eigenvalue weighted by Gasteiger charge is -2.25. The Hall–Kier alpha value is -3.25. The van der Waals surface area contributed by atoms with Crippen LogP contribution in [0.1, 0.15) is 19.3 Å². The van der Waals surface area contributed by atoms with E-state index in [1.54, 1.807) is 0 Å². The standard InChI is InChI=1S/C18H19N3O8S/c1-28-17-7-5-13(20(22)23)11-18(17)29-16-8-6-14(12-15(16)21(24)25)30(26,27)19-9-3-2-4-10-19/h5-8,11-12H,2-4,9-10H2,1H3. The molecule has 160 valence electrons. The van der Waals surface area contributed by atoms with Crippen LogP contribution in [0.4, 0.5) is 11.4 Å². The zero-order valence-electron chi connectivity index (χ0n) is 16.0. The molecule has 1 heterocycles. The quantitative estimate of drug-likeness (QED) is 0.473. The summed E-state index contributed by atoms with van der Waals surface area (Å²) < 4.78 is 37.6. The number of sulfonamides is 1. The number of hydrogen-bond donors (Lipinski definition) is 0. The first-order chi connectivity index (χ1) is 14.2. The van der Waals surface area contributed by atoms with E-state index in [2.05, 4.69) is 0 Å². The van der Waals surface area contributed by atoms with Gasteiger partial charge in [-0.2, -0.15) is 4.31 Å². The first-order valence-electron chi connectivity index (χ1n) is 9.03. The molecule has 0 N–H and O–H groups in total. The van der Waals surface area contributed by atoms with Crippen LogP contribution in [0, 0.1) is 20.2 Å². The van der Waals surface area contributed by atoms with Crippen LogP contribution < -0.4 is 9.47 Å². The molecule has 0 aliphatic carbocycles. The summed E-state index contributed by atoms with van der Waals surface area (Å²) in [5.41, 5.74) is -0.876. The summed E-state index contributed by atoms with van der Waals surface area (Å²) in [4.78, 5) is 21.0. The Balaban J connectivity index is 2.00. The Labute approximate surface area is 172 Å². The number of nitro groups is 2. The molecule has 0 radical (unpaired) electrons. The highest BCUT2D eigenvalue weighted by atomic mass is 32.2. The van der Waals surface area contributed by atoms with Gasteiger partial charge in [0, 0.05) is 25.2 Å². The highest BCUT2D eigenvalue weighted by molar-refractivity contribution is 7.89. The van der Waals surface area contributed by atoms with E-state index in [9.17, 15) is 28.6 Å². The van der Waals surface area contributed by atoms with Crippen molar-refractivity contribution in [2.24, 2.45) is 0 Å². The van der Waals surface area contributed by atoms with Crippen LogP contribution in [0.3, 0.4) is 0 Å². The van der Waals surface area contributed by atoms with Crippen molar-refractivity contribution in [3.63, 3.8) is 0 Å². The minimum absolute atomic E-state index is 0.110. The zero-order valence-corrected chi connectivity index (χ0v) is 16.8. The average Bonchev–Trinajstić information content (AvgIpc) is 2.74. The molecule has 30 heavy (non-hydrogen) atoms. The van der Waals surface area contributed by atoms with Gasteiger partial charge < -0.3 is 9.47 Å². The van der Waals surface area contributed by atoms with E-state index in [0.29, 0.717) is 13.1 Å². The summed E-state index contributed by atoms with van der Waals surface area (Å²) in [5.74, 6) is -0.252. The molecule has 0 amide bonds. The lowest BCUT2D eigenvalue weighted by Crippen LogP contribution is -2.35. The van der Waals surface area contributed by atoms with Gasteiger partial charge in [-0.05, 0) is 31.0 Å². The van der Waals surface area contributed by atoms with Crippen molar-refractivity contribution in [2.45, 2.75) is 24.2 Å². The van der Waals surface area contributed by atoms with Crippen molar-refractivity contribution in [3.8, 4) is 17.2 Å². The highest BCUT2D eigenvalue weighted by Gasteiger charge is 2.29. The van der Waals surface area contributed by atoms with Crippen molar-refractivity contribution in [3.05, 3.63) is 56.6 Å². The number of nitro benzene ring substituents is 2. The molecule has 1 aliphatic rings. The van der Waals surface area contributed by atoms with Gasteiger partial charge in [0.05, 0.1) is 27.9 Å². The highest BCUT2D eigenvalue weighted by Crippen LogP contribution is 2.39. The van der Waals surface area contributed by atoms with E-state index < -0.39 is 25.6 Å². The van der Waals surface area contributed by atoms with Crippen LogP contribution in [0.2, 0.25) is 0 Å². The van der Waals surface area contributed by atoms with Crippen LogP contribution >= 0.6 is 0 Å². The zero-order chi connectivity index (χ0) is 21.9. The summed E-state index contributed by atoms with van der Waals surface area (Å²) in [6.45, 7) is 0.721. The molecule has 1 saturated heterocycles. The largest absolute Gasteiger partial charge is 0.493 e. The second-order valence-electron chi connectivity index (χ2n) is 6.55. The number of rotatable bonds is 7. The van der Waals surface area contributed by atoms with Crippen LogP contribution in [0.15, 0.2) is 41.3 Å². The Kier molecular flexibility index (Phi) is 6.17. The molecule has 12 heteroatoms. The van der Waals surface area contributed by atoms with Crippen molar-refractivity contribution in [2.75, 3.05) is 20.2 Å². The normalized spacial score (nSPS) is 14.8. The predicted molar refractivity (Wildman–Crippen MR) is 105 cm³/mol. The minimum atomic E-state index is -3.88. The maximum atomic E-state index is 12.8. The van der Waals surface area contributed by atoms with E-state index >= 15 is 0 Å². The van der Waals surface area contributed by atoms with Crippen LogP contribution in [0.5, 0.6) is 17.2 Å². The number of methoxy groups -OCH3 is 1. The van der Waals surface area contributed by atoms with Crippen LogP contribution in [-0.4, -0.2) is 42.8 Å². The van der Waals surface area contributed by atoms with E-state index in [1.165, 1.54) is 29.6 Å². The first-order valence-corrected chi connectivity index (χ1v) is 10.5. The van der Waals surface area contributed by atoms with E-state index in [0.717, 1.165) is 37.5 Å². The van der Waals surface area contributed by atoms with Gasteiger partial charge in [0.2, 0.25) is 15.8 Å². The maximum Gasteiger partial charge on any atom is 0.312 e. The third-order valence-electron chi connectivity index (χ3n) is 4.66. The third kappa shape index (κ3) is 4.33. The van der Waals surface area contributed by atoms with Crippen molar-refractivity contribution in [1.82, 2.24) is 4.31 Å². The summed E-state index contributed by atoms with van der Waals surface area (Å²) in [6, 6.07) is 6.89. The van der Waals surface area contributed by atoms with Gasteiger partial charge in [-0.1, -0.05) is 6.42 Å².